The Kier molecular flexibility index (Phi) is 5.19. The van der Waals surface area contributed by atoms with Gasteiger partial charge in [0.25, 0.3) is 0 Å². The maximum absolute atomic E-state index is 11.9. The van der Waals surface area contributed by atoms with Gasteiger partial charge < -0.3 is 26.5 Å². The zero-order chi connectivity index (χ0) is 18.0. The normalized spacial score (nSPS) is 21.8. The van der Waals surface area contributed by atoms with E-state index in [1.54, 1.807) is 0 Å². The van der Waals surface area contributed by atoms with E-state index in [0.29, 0.717) is 24.8 Å². The van der Waals surface area contributed by atoms with Gasteiger partial charge in [-0.3, -0.25) is 4.79 Å². The third-order valence-corrected chi connectivity index (χ3v) is 4.59. The number of nitrogens with zero attached hydrogens (tertiary/aromatic N) is 2. The predicted molar refractivity (Wildman–Crippen MR) is 95.6 cm³/mol. The lowest BCUT2D eigenvalue weighted by Crippen LogP contribution is -2.37. The average Bonchev–Trinajstić information content (AvgIpc) is 3.18. The third-order valence-electron chi connectivity index (χ3n) is 4.59. The van der Waals surface area contributed by atoms with Crippen molar-refractivity contribution in [1.29, 1.82) is 0 Å². The van der Waals surface area contributed by atoms with E-state index in [1.165, 1.54) is 6.33 Å². The van der Waals surface area contributed by atoms with Gasteiger partial charge >= 0.3 is 5.97 Å². The summed E-state index contributed by atoms with van der Waals surface area (Å²) in [5, 5.41) is 3.50. The number of anilines is 1. The van der Waals surface area contributed by atoms with Crippen LogP contribution < -0.4 is 16.8 Å². The van der Waals surface area contributed by atoms with Crippen molar-refractivity contribution in [2.45, 2.75) is 51.2 Å². The van der Waals surface area contributed by atoms with E-state index in [4.69, 9.17) is 16.2 Å². The molecule has 0 radical (unpaired) electrons. The van der Waals surface area contributed by atoms with E-state index >= 15 is 0 Å². The average molecular weight is 346 g/mol. The fraction of sp³-hybridized carbons (Fsp3) is 0.588. The lowest BCUT2D eigenvalue weighted by atomic mass is 10.1. The predicted octanol–water partition coefficient (Wildman–Crippen LogP) is 1.25. The number of aromatic amines is 1. The highest BCUT2D eigenvalue weighted by atomic mass is 16.5. The molecule has 0 amide bonds. The maximum Gasteiger partial charge on any atom is 0.322 e. The quantitative estimate of drug-likeness (QED) is 0.579. The molecule has 0 aromatic carbocycles. The molecule has 6 N–H and O–H groups in total. The third kappa shape index (κ3) is 3.91. The van der Waals surface area contributed by atoms with Crippen LogP contribution in [0.25, 0.3) is 11.0 Å². The Morgan fingerprint density at radius 1 is 1.40 bits per heavy atom. The van der Waals surface area contributed by atoms with Crippen LogP contribution in [0, 0.1) is 5.92 Å². The van der Waals surface area contributed by atoms with E-state index in [1.807, 2.05) is 20.0 Å². The molecule has 0 spiro atoms. The summed E-state index contributed by atoms with van der Waals surface area (Å²) in [4.78, 5) is 23.4. The van der Waals surface area contributed by atoms with Crippen LogP contribution in [0.4, 0.5) is 5.82 Å². The van der Waals surface area contributed by atoms with Crippen molar-refractivity contribution in [3.05, 3.63) is 18.1 Å². The highest BCUT2D eigenvalue weighted by Crippen LogP contribution is 2.31. The van der Waals surface area contributed by atoms with E-state index in [2.05, 4.69) is 20.3 Å². The molecule has 0 saturated carbocycles. The zero-order valence-corrected chi connectivity index (χ0v) is 14.7. The van der Waals surface area contributed by atoms with Gasteiger partial charge in [-0.2, -0.15) is 0 Å². The van der Waals surface area contributed by atoms with Gasteiger partial charge in [0.05, 0.1) is 5.52 Å². The number of carbonyl (C=O) groups excluding carboxylic acids is 1. The van der Waals surface area contributed by atoms with Crippen molar-refractivity contribution in [1.82, 2.24) is 20.3 Å². The Hall–Kier alpha value is -2.19. The molecule has 1 fully saturated rings. The van der Waals surface area contributed by atoms with Gasteiger partial charge in [-0.15, -0.1) is 0 Å². The Morgan fingerprint density at radius 2 is 2.20 bits per heavy atom. The van der Waals surface area contributed by atoms with Crippen LogP contribution in [0.15, 0.2) is 12.5 Å². The molecule has 1 aliphatic heterocycles. The van der Waals surface area contributed by atoms with Crippen molar-refractivity contribution in [2.24, 2.45) is 11.7 Å². The second-order valence-electron chi connectivity index (χ2n) is 7.09. The van der Waals surface area contributed by atoms with Crippen molar-refractivity contribution < 1.29 is 9.53 Å². The largest absolute Gasteiger partial charge is 0.463 e. The molecule has 0 bridgehead atoms. The molecule has 25 heavy (non-hydrogen) atoms. The molecule has 3 rings (SSSR count). The van der Waals surface area contributed by atoms with Crippen LogP contribution in [0.3, 0.4) is 0 Å². The fourth-order valence-electron chi connectivity index (χ4n) is 3.33. The molecule has 1 aliphatic rings. The number of carbonyl (C=O) groups is 1. The summed E-state index contributed by atoms with van der Waals surface area (Å²) in [5.74, 6) is 0.484. The number of fused-ring (bicyclic) bond motifs is 1. The molecule has 2 aromatic rings. The Labute approximate surface area is 146 Å². The summed E-state index contributed by atoms with van der Waals surface area (Å²) in [5.41, 5.74) is 14.4. The zero-order valence-electron chi connectivity index (χ0n) is 14.7. The van der Waals surface area contributed by atoms with Crippen LogP contribution in [0.1, 0.15) is 44.7 Å². The molecule has 8 heteroatoms. The highest BCUT2D eigenvalue weighted by molar-refractivity contribution is 5.87. The molecule has 0 aliphatic carbocycles. The number of nitrogens with one attached hydrogen (secondary N) is 2. The standard InChI is InChI=1S/C17H26N6O2/c1-9(2)5-12(18)17(24)25-7-10-3-4-13(23-10)11-6-20-15-14(11)21-8-22-16(15)19/h6,8-10,12-13,20,23H,3-5,7,18H2,1-2H3,(H2,19,21,22)/t10?,12?,13-/m1/s1. The molecule has 2 unspecified atom stereocenters. The monoisotopic (exact) mass is 346 g/mol. The van der Waals surface area contributed by atoms with Crippen LogP contribution in [-0.4, -0.2) is 39.6 Å². The number of rotatable bonds is 6. The molecule has 2 aromatic heterocycles. The number of hydrogen-bond acceptors (Lipinski definition) is 7. The number of nitrogens with two attached hydrogens (primary N) is 2. The van der Waals surface area contributed by atoms with E-state index in [9.17, 15) is 4.79 Å². The van der Waals surface area contributed by atoms with Gasteiger partial charge in [0.1, 0.15) is 24.5 Å². The smallest absolute Gasteiger partial charge is 0.322 e. The Balaban J connectivity index is 1.57. The molecule has 136 valence electrons. The number of aromatic nitrogens is 3. The molecule has 3 heterocycles. The first-order chi connectivity index (χ1) is 12.0. The minimum absolute atomic E-state index is 0.115. The first-order valence-electron chi connectivity index (χ1n) is 8.71. The topological polar surface area (TPSA) is 132 Å². The van der Waals surface area contributed by atoms with Gasteiger partial charge in [0.15, 0.2) is 5.82 Å². The van der Waals surface area contributed by atoms with Gasteiger partial charge in [-0.25, -0.2) is 9.97 Å². The van der Waals surface area contributed by atoms with Crippen molar-refractivity contribution in [3.8, 4) is 0 Å². The number of H-pyrrole nitrogens is 1. The van der Waals surface area contributed by atoms with Crippen molar-refractivity contribution in [2.75, 3.05) is 12.3 Å². The van der Waals surface area contributed by atoms with Crippen molar-refractivity contribution >= 4 is 22.8 Å². The number of nitrogen functional groups attached to an aromatic ring is 1. The molecular weight excluding hydrogens is 320 g/mol. The minimum atomic E-state index is -0.550. The first-order valence-corrected chi connectivity index (χ1v) is 8.71. The van der Waals surface area contributed by atoms with Crippen LogP contribution in [0.5, 0.6) is 0 Å². The van der Waals surface area contributed by atoms with Gasteiger partial charge in [-0.05, 0) is 25.2 Å². The second kappa shape index (κ2) is 7.37. The first kappa shape index (κ1) is 17.6. The van der Waals surface area contributed by atoms with Crippen LogP contribution >= 0.6 is 0 Å². The Morgan fingerprint density at radius 3 is 2.96 bits per heavy atom. The van der Waals surface area contributed by atoms with Gasteiger partial charge in [0.2, 0.25) is 0 Å². The second-order valence-corrected chi connectivity index (χ2v) is 7.09. The summed E-state index contributed by atoms with van der Waals surface area (Å²) in [6, 6.07) is -0.286. The van der Waals surface area contributed by atoms with Gasteiger partial charge in [-0.1, -0.05) is 13.8 Å². The lowest BCUT2D eigenvalue weighted by molar-refractivity contribution is -0.146. The number of hydrogen-bond donors (Lipinski definition) is 4. The summed E-state index contributed by atoms with van der Waals surface area (Å²) in [6.45, 7) is 4.40. The van der Waals surface area contributed by atoms with E-state index in [-0.39, 0.29) is 18.1 Å². The summed E-state index contributed by atoms with van der Waals surface area (Å²) in [6.07, 6.45) is 5.89. The Bertz CT molecular complexity index is 744. The van der Waals surface area contributed by atoms with Crippen molar-refractivity contribution in [3.63, 3.8) is 0 Å². The van der Waals surface area contributed by atoms with Crippen LogP contribution in [0.2, 0.25) is 0 Å². The number of esters is 1. The number of ether oxygens (including phenoxy) is 1. The van der Waals surface area contributed by atoms with E-state index < -0.39 is 6.04 Å². The summed E-state index contributed by atoms with van der Waals surface area (Å²) < 4.78 is 5.38. The SMILES string of the molecule is CC(C)CC(N)C(=O)OCC1CC[C@H](c2c[nH]c3c(N)ncnc23)N1. The molecular formula is C17H26N6O2. The summed E-state index contributed by atoms with van der Waals surface area (Å²) >= 11 is 0. The lowest BCUT2D eigenvalue weighted by Gasteiger charge is -2.17. The molecule has 3 atom stereocenters. The highest BCUT2D eigenvalue weighted by Gasteiger charge is 2.29. The minimum Gasteiger partial charge on any atom is -0.463 e. The fourth-order valence-corrected chi connectivity index (χ4v) is 3.33. The molecule has 8 nitrogen and oxygen atoms in total. The molecule has 1 saturated heterocycles. The maximum atomic E-state index is 11.9. The van der Waals surface area contributed by atoms with E-state index in [0.717, 1.165) is 29.4 Å². The summed E-state index contributed by atoms with van der Waals surface area (Å²) in [7, 11) is 0. The van der Waals surface area contributed by atoms with Crippen LogP contribution in [-0.2, 0) is 9.53 Å². The van der Waals surface area contributed by atoms with Gasteiger partial charge in [0, 0.05) is 23.8 Å².